The van der Waals surface area contributed by atoms with Crippen molar-refractivity contribution in [1.82, 2.24) is 15.0 Å². The Morgan fingerprint density at radius 1 is 1.11 bits per heavy atom. The Morgan fingerprint density at radius 3 is 2.41 bits per heavy atom. The molecule has 2 aromatic rings. The minimum absolute atomic E-state index is 0.350. The summed E-state index contributed by atoms with van der Waals surface area (Å²) in [6.45, 7) is 8.11. The fourth-order valence-electron chi connectivity index (χ4n) is 4.13. The quantitative estimate of drug-likeness (QED) is 0.768. The highest BCUT2D eigenvalue weighted by molar-refractivity contribution is 5.88. The van der Waals surface area contributed by atoms with Crippen molar-refractivity contribution in [2.24, 2.45) is 11.8 Å². The van der Waals surface area contributed by atoms with Crippen LogP contribution in [0, 0.1) is 18.8 Å². The van der Waals surface area contributed by atoms with Crippen molar-refractivity contribution in [1.29, 1.82) is 0 Å². The molecule has 142 valence electrons. The molecule has 0 aliphatic carbocycles. The maximum atomic E-state index is 11.8. The van der Waals surface area contributed by atoms with Gasteiger partial charge < -0.3 is 14.5 Å². The summed E-state index contributed by atoms with van der Waals surface area (Å²) in [5.74, 6) is 2.52. The molecular formula is C20H25N5O2. The summed E-state index contributed by atoms with van der Waals surface area (Å²) in [7, 11) is 0. The molecule has 2 aliphatic heterocycles. The van der Waals surface area contributed by atoms with Gasteiger partial charge in [0, 0.05) is 44.8 Å². The number of esters is 1. The van der Waals surface area contributed by atoms with E-state index in [-0.39, 0.29) is 5.97 Å². The van der Waals surface area contributed by atoms with E-state index in [1.54, 1.807) is 19.3 Å². The van der Waals surface area contributed by atoms with Crippen LogP contribution in [0.3, 0.4) is 0 Å². The number of nitrogens with zero attached hydrogens (tertiary/aromatic N) is 5. The van der Waals surface area contributed by atoms with Crippen LogP contribution in [0.4, 0.5) is 11.8 Å². The van der Waals surface area contributed by atoms with Gasteiger partial charge in [-0.3, -0.25) is 0 Å². The van der Waals surface area contributed by atoms with E-state index in [0.29, 0.717) is 30.0 Å². The number of ether oxygens (including phenoxy) is 1. The zero-order valence-electron chi connectivity index (χ0n) is 15.8. The van der Waals surface area contributed by atoms with Crippen LogP contribution >= 0.6 is 0 Å². The van der Waals surface area contributed by atoms with E-state index in [0.717, 1.165) is 32.0 Å². The molecular weight excluding hydrogens is 342 g/mol. The third-order valence-electron chi connectivity index (χ3n) is 5.24. The number of fused-ring (bicyclic) bond motifs is 2. The second kappa shape index (κ2) is 7.50. The van der Waals surface area contributed by atoms with E-state index in [4.69, 9.17) is 4.74 Å². The number of rotatable bonds is 4. The number of hydrogen-bond donors (Lipinski definition) is 0. The Labute approximate surface area is 159 Å². The second-order valence-electron chi connectivity index (χ2n) is 7.46. The lowest BCUT2D eigenvalue weighted by Crippen LogP contribution is -2.53. The predicted molar refractivity (Wildman–Crippen MR) is 103 cm³/mol. The minimum Gasteiger partial charge on any atom is -0.462 e. The molecule has 2 fully saturated rings. The lowest BCUT2D eigenvalue weighted by molar-refractivity contribution is 0.0525. The Morgan fingerprint density at radius 2 is 1.78 bits per heavy atom. The first-order valence-corrected chi connectivity index (χ1v) is 9.54. The molecule has 2 unspecified atom stereocenters. The van der Waals surface area contributed by atoms with Crippen molar-refractivity contribution < 1.29 is 9.53 Å². The van der Waals surface area contributed by atoms with Gasteiger partial charge in [-0.15, -0.1) is 0 Å². The number of aromatic nitrogens is 3. The lowest BCUT2D eigenvalue weighted by Gasteiger charge is -2.46. The van der Waals surface area contributed by atoms with Crippen LogP contribution in [0.25, 0.3) is 0 Å². The van der Waals surface area contributed by atoms with Gasteiger partial charge in [0.25, 0.3) is 0 Å². The molecule has 7 heteroatoms. The monoisotopic (exact) mass is 367 g/mol. The zero-order chi connectivity index (χ0) is 18.8. The molecule has 2 atom stereocenters. The summed E-state index contributed by atoms with van der Waals surface area (Å²) in [6, 6.07) is 4.20. The van der Waals surface area contributed by atoms with E-state index in [9.17, 15) is 4.79 Å². The normalized spacial score (nSPS) is 21.9. The van der Waals surface area contributed by atoms with E-state index in [1.807, 2.05) is 12.3 Å². The summed E-state index contributed by atoms with van der Waals surface area (Å²) in [4.78, 5) is 29.8. The van der Waals surface area contributed by atoms with Crippen LogP contribution in [0.5, 0.6) is 0 Å². The first-order valence-electron chi connectivity index (χ1n) is 9.54. The number of piperidine rings is 2. The molecule has 0 spiro atoms. The van der Waals surface area contributed by atoms with Gasteiger partial charge in [-0.25, -0.2) is 19.7 Å². The molecule has 4 heterocycles. The maximum absolute atomic E-state index is 11.8. The van der Waals surface area contributed by atoms with Crippen LogP contribution < -0.4 is 9.80 Å². The highest BCUT2D eigenvalue weighted by atomic mass is 16.5. The van der Waals surface area contributed by atoms with Crippen LogP contribution in [-0.4, -0.2) is 53.7 Å². The molecule has 0 N–H and O–H groups in total. The minimum atomic E-state index is -0.374. The predicted octanol–water partition coefficient (Wildman–Crippen LogP) is 2.32. The second-order valence-corrected chi connectivity index (χ2v) is 7.46. The zero-order valence-corrected chi connectivity index (χ0v) is 15.8. The molecule has 2 aliphatic rings. The van der Waals surface area contributed by atoms with Crippen molar-refractivity contribution in [3.8, 4) is 0 Å². The van der Waals surface area contributed by atoms with Crippen molar-refractivity contribution in [2.75, 3.05) is 42.6 Å². The van der Waals surface area contributed by atoms with Crippen molar-refractivity contribution in [3.63, 3.8) is 0 Å². The average Bonchev–Trinajstić information content (AvgIpc) is 2.67. The van der Waals surface area contributed by atoms with Gasteiger partial charge >= 0.3 is 5.97 Å². The molecule has 0 saturated carbocycles. The highest BCUT2D eigenvalue weighted by Crippen LogP contribution is 2.32. The van der Waals surface area contributed by atoms with Gasteiger partial charge in [0.15, 0.2) is 0 Å². The molecule has 0 radical (unpaired) electrons. The average molecular weight is 367 g/mol. The molecule has 2 aromatic heterocycles. The van der Waals surface area contributed by atoms with Gasteiger partial charge in [0.2, 0.25) is 5.95 Å². The molecule has 4 rings (SSSR count). The third kappa shape index (κ3) is 3.86. The van der Waals surface area contributed by atoms with Crippen molar-refractivity contribution in [2.45, 2.75) is 20.3 Å². The largest absolute Gasteiger partial charge is 0.462 e. The molecule has 27 heavy (non-hydrogen) atoms. The molecule has 0 aromatic carbocycles. The first kappa shape index (κ1) is 17.7. The molecule has 0 amide bonds. The van der Waals surface area contributed by atoms with E-state index >= 15 is 0 Å². The summed E-state index contributed by atoms with van der Waals surface area (Å²) < 4.78 is 4.99. The smallest absolute Gasteiger partial charge is 0.341 e. The van der Waals surface area contributed by atoms with Crippen LogP contribution in [0.15, 0.2) is 30.7 Å². The standard InChI is InChI=1S/C20H25N5O2/c1-3-27-19(26)17-8-22-20(23-9-17)25-12-15-7-16(13-25)11-24(10-15)18-6-14(2)4-5-21-18/h4-6,8-9,15-16H,3,7,10-13H2,1-2H3. The third-order valence-corrected chi connectivity index (χ3v) is 5.24. The molecule has 2 saturated heterocycles. The number of anilines is 2. The van der Waals surface area contributed by atoms with E-state index < -0.39 is 0 Å². The Kier molecular flexibility index (Phi) is 4.92. The number of carbonyl (C=O) groups excluding carboxylic acids is 1. The van der Waals surface area contributed by atoms with E-state index in [2.05, 4.69) is 37.7 Å². The van der Waals surface area contributed by atoms with E-state index in [1.165, 1.54) is 12.0 Å². The Balaban J connectivity index is 1.43. The van der Waals surface area contributed by atoms with Crippen molar-refractivity contribution in [3.05, 3.63) is 41.9 Å². The highest BCUT2D eigenvalue weighted by Gasteiger charge is 2.35. The number of pyridine rings is 1. The lowest BCUT2D eigenvalue weighted by atomic mass is 9.85. The summed E-state index contributed by atoms with van der Waals surface area (Å²) >= 11 is 0. The topological polar surface area (TPSA) is 71.5 Å². The summed E-state index contributed by atoms with van der Waals surface area (Å²) in [6.07, 6.45) is 6.25. The Hall–Kier alpha value is -2.70. The number of aryl methyl sites for hydroxylation is 1. The van der Waals surface area contributed by atoms with Crippen molar-refractivity contribution >= 4 is 17.7 Å². The van der Waals surface area contributed by atoms with Gasteiger partial charge in [-0.1, -0.05) is 0 Å². The molecule has 7 nitrogen and oxygen atoms in total. The maximum Gasteiger partial charge on any atom is 0.341 e. The Bertz CT molecular complexity index is 796. The van der Waals surface area contributed by atoms with Gasteiger partial charge in [0.05, 0.1) is 12.2 Å². The first-order chi connectivity index (χ1) is 13.1. The fourth-order valence-corrected chi connectivity index (χ4v) is 4.13. The summed E-state index contributed by atoms with van der Waals surface area (Å²) in [5.41, 5.74) is 1.64. The van der Waals surface area contributed by atoms with Gasteiger partial charge in [-0.2, -0.15) is 0 Å². The van der Waals surface area contributed by atoms with Crippen LogP contribution in [0.1, 0.15) is 29.3 Å². The fraction of sp³-hybridized carbons (Fsp3) is 0.500. The van der Waals surface area contributed by atoms with Crippen LogP contribution in [-0.2, 0) is 4.74 Å². The van der Waals surface area contributed by atoms with Gasteiger partial charge in [0.1, 0.15) is 5.82 Å². The number of carbonyl (C=O) groups is 1. The van der Waals surface area contributed by atoms with Gasteiger partial charge in [-0.05, 0) is 49.8 Å². The SMILES string of the molecule is CCOC(=O)c1cnc(N2CC3CC(CN(c4cc(C)ccn4)C3)C2)nc1. The number of hydrogen-bond acceptors (Lipinski definition) is 7. The van der Waals surface area contributed by atoms with Crippen LogP contribution in [0.2, 0.25) is 0 Å². The molecule has 2 bridgehead atoms. The summed E-state index contributed by atoms with van der Waals surface area (Å²) in [5, 5.41) is 0.